The second-order valence-corrected chi connectivity index (χ2v) is 9.68. The molecule has 1 N–H and O–H groups in total. The van der Waals surface area contributed by atoms with Crippen molar-refractivity contribution in [2.45, 2.75) is 45.1 Å². The summed E-state index contributed by atoms with van der Waals surface area (Å²) in [5.41, 5.74) is 3.86. The summed E-state index contributed by atoms with van der Waals surface area (Å²) in [6.45, 7) is 1.50. The number of halogens is 3. The van der Waals surface area contributed by atoms with Crippen LogP contribution in [0.3, 0.4) is 0 Å². The van der Waals surface area contributed by atoms with Gasteiger partial charge in [0.15, 0.2) is 0 Å². The van der Waals surface area contributed by atoms with E-state index in [4.69, 9.17) is 23.2 Å². The lowest BCUT2D eigenvalue weighted by Gasteiger charge is -2.61. The smallest absolute Gasteiger partial charge is 0.225 e. The molecule has 29 heavy (non-hydrogen) atoms. The van der Waals surface area contributed by atoms with Crippen LogP contribution in [0.5, 0.6) is 0 Å². The molecular weight excluding hydrogens is 410 g/mol. The fraction of sp³-hybridized carbons (Fsp3) is 0.435. The van der Waals surface area contributed by atoms with E-state index in [9.17, 15) is 9.18 Å². The summed E-state index contributed by atoms with van der Waals surface area (Å²) in [4.78, 5) is 14.8. The van der Waals surface area contributed by atoms with E-state index in [1.54, 1.807) is 12.1 Å². The number of carbonyl (C=O) groups excluding carboxylic acids is 1. The SMILES string of the molecule is O=C(CC12CC(C1)C2)Nc1c(Cl)cc2c(c1Cl)CCCN(c1ccc(F)cc1)C2. The van der Waals surface area contributed by atoms with Crippen molar-refractivity contribution in [1.82, 2.24) is 0 Å². The molecular formula is C23H23Cl2FN2O. The number of rotatable bonds is 4. The van der Waals surface area contributed by atoms with Crippen LogP contribution in [0, 0.1) is 17.2 Å². The molecule has 0 saturated heterocycles. The van der Waals surface area contributed by atoms with Gasteiger partial charge < -0.3 is 10.2 Å². The lowest BCUT2D eigenvalue weighted by Crippen LogP contribution is -2.53. The highest BCUT2D eigenvalue weighted by atomic mass is 35.5. The number of hydrogen-bond donors (Lipinski definition) is 1. The first-order valence-corrected chi connectivity index (χ1v) is 11.0. The summed E-state index contributed by atoms with van der Waals surface area (Å²) in [5, 5.41) is 4.02. The van der Waals surface area contributed by atoms with Gasteiger partial charge >= 0.3 is 0 Å². The molecule has 0 unspecified atom stereocenters. The van der Waals surface area contributed by atoms with E-state index >= 15 is 0 Å². The number of hydrogen-bond acceptors (Lipinski definition) is 2. The molecule has 2 aromatic rings. The molecule has 0 aromatic heterocycles. The van der Waals surface area contributed by atoms with E-state index in [1.165, 1.54) is 31.4 Å². The van der Waals surface area contributed by atoms with Crippen LogP contribution < -0.4 is 10.2 Å². The van der Waals surface area contributed by atoms with Crippen LogP contribution in [0.2, 0.25) is 10.0 Å². The van der Waals surface area contributed by atoms with Crippen molar-refractivity contribution >= 4 is 40.5 Å². The Labute approximate surface area is 180 Å². The first-order chi connectivity index (χ1) is 13.9. The average Bonchev–Trinajstić information content (AvgIpc) is 2.84. The molecule has 6 heteroatoms. The molecule has 0 spiro atoms. The molecule has 2 aromatic carbocycles. The average molecular weight is 433 g/mol. The molecule has 152 valence electrons. The van der Waals surface area contributed by atoms with Crippen molar-refractivity contribution < 1.29 is 9.18 Å². The number of carbonyl (C=O) groups is 1. The lowest BCUT2D eigenvalue weighted by atomic mass is 9.43. The van der Waals surface area contributed by atoms with Crippen LogP contribution in [0.25, 0.3) is 0 Å². The largest absolute Gasteiger partial charge is 0.367 e. The van der Waals surface area contributed by atoms with Crippen LogP contribution in [-0.4, -0.2) is 12.5 Å². The third-order valence-electron chi connectivity index (χ3n) is 6.78. The predicted molar refractivity (Wildman–Crippen MR) is 115 cm³/mol. The first kappa shape index (κ1) is 19.2. The molecule has 3 saturated carbocycles. The third-order valence-corrected chi connectivity index (χ3v) is 7.50. The minimum Gasteiger partial charge on any atom is -0.367 e. The Morgan fingerprint density at radius 1 is 1.21 bits per heavy atom. The summed E-state index contributed by atoms with van der Waals surface area (Å²) in [7, 11) is 0. The van der Waals surface area contributed by atoms with Crippen LogP contribution in [-0.2, 0) is 17.8 Å². The summed E-state index contributed by atoms with van der Waals surface area (Å²) in [5.74, 6) is 0.620. The first-order valence-electron chi connectivity index (χ1n) is 10.2. The number of nitrogens with one attached hydrogen (secondary N) is 1. The van der Waals surface area contributed by atoms with Gasteiger partial charge in [-0.2, -0.15) is 0 Å². The molecule has 0 radical (unpaired) electrons. The molecule has 1 amide bonds. The Balaban J connectivity index is 1.37. The molecule has 3 nitrogen and oxygen atoms in total. The maximum Gasteiger partial charge on any atom is 0.225 e. The standard InChI is InChI=1S/C23H23Cl2FN2O/c24-19-8-15-13-28(17-5-3-16(26)4-6-17)7-1-2-18(15)21(25)22(19)27-20(29)12-23-9-14(10-23)11-23/h3-6,8,14H,1-2,7,9-13H2,(H,27,29). The summed E-state index contributed by atoms with van der Waals surface area (Å²) in [6, 6.07) is 8.46. The molecule has 6 rings (SSSR count). The van der Waals surface area contributed by atoms with Crippen molar-refractivity contribution in [3.05, 3.63) is 57.3 Å². The van der Waals surface area contributed by atoms with Crippen LogP contribution in [0.4, 0.5) is 15.8 Å². The van der Waals surface area contributed by atoms with Gasteiger partial charge in [-0.3, -0.25) is 4.79 Å². The van der Waals surface area contributed by atoms with Gasteiger partial charge in [-0.15, -0.1) is 0 Å². The van der Waals surface area contributed by atoms with E-state index in [0.29, 0.717) is 28.7 Å². The van der Waals surface area contributed by atoms with Crippen LogP contribution in [0.15, 0.2) is 30.3 Å². The van der Waals surface area contributed by atoms with Crippen molar-refractivity contribution in [3.8, 4) is 0 Å². The van der Waals surface area contributed by atoms with Crippen molar-refractivity contribution in [2.24, 2.45) is 11.3 Å². The summed E-state index contributed by atoms with van der Waals surface area (Å²) in [6.07, 6.45) is 5.86. The Hall–Kier alpha value is -1.78. The number of nitrogens with zero attached hydrogens (tertiary/aromatic N) is 1. The maximum atomic E-state index is 13.3. The van der Waals surface area contributed by atoms with E-state index < -0.39 is 0 Å². The van der Waals surface area contributed by atoms with E-state index in [0.717, 1.165) is 42.1 Å². The monoisotopic (exact) mass is 432 g/mol. The highest BCUT2D eigenvalue weighted by Crippen LogP contribution is 2.66. The molecule has 1 aliphatic heterocycles. The zero-order chi connectivity index (χ0) is 20.2. The van der Waals surface area contributed by atoms with Crippen molar-refractivity contribution in [1.29, 1.82) is 0 Å². The fourth-order valence-electron chi connectivity index (χ4n) is 5.24. The van der Waals surface area contributed by atoms with Gasteiger partial charge in [-0.25, -0.2) is 4.39 Å². The molecule has 3 aliphatic carbocycles. The van der Waals surface area contributed by atoms with Gasteiger partial charge in [0, 0.05) is 25.2 Å². The molecule has 0 atom stereocenters. The molecule has 1 heterocycles. The normalized spacial score (nSPS) is 24.8. The minimum atomic E-state index is -0.241. The van der Waals surface area contributed by atoms with Crippen LogP contribution >= 0.6 is 23.2 Å². The lowest BCUT2D eigenvalue weighted by molar-refractivity contribution is -0.139. The number of fused-ring (bicyclic) bond motifs is 1. The minimum absolute atomic E-state index is 0.00783. The predicted octanol–water partition coefficient (Wildman–Crippen LogP) is 6.21. The van der Waals surface area contributed by atoms with Gasteiger partial charge in [0.05, 0.1) is 15.7 Å². The summed E-state index contributed by atoms with van der Waals surface area (Å²) >= 11 is 13.3. The Kier molecular flexibility index (Phi) is 4.75. The quantitative estimate of drug-likeness (QED) is 0.622. The van der Waals surface area contributed by atoms with E-state index in [1.807, 2.05) is 6.07 Å². The van der Waals surface area contributed by atoms with Crippen LogP contribution in [0.1, 0.15) is 43.2 Å². The molecule has 4 aliphatic rings. The van der Waals surface area contributed by atoms with Gasteiger partial charge in [0.2, 0.25) is 5.91 Å². The van der Waals surface area contributed by atoms with Gasteiger partial charge in [-0.1, -0.05) is 23.2 Å². The number of amides is 1. The van der Waals surface area contributed by atoms with E-state index in [2.05, 4.69) is 10.2 Å². The zero-order valence-corrected chi connectivity index (χ0v) is 17.6. The second-order valence-electron chi connectivity index (χ2n) is 8.89. The third kappa shape index (κ3) is 3.51. The topological polar surface area (TPSA) is 32.3 Å². The van der Waals surface area contributed by atoms with Gasteiger partial charge in [-0.05, 0) is 84.9 Å². The molecule has 2 bridgehead atoms. The Morgan fingerprint density at radius 3 is 2.59 bits per heavy atom. The highest BCUT2D eigenvalue weighted by Gasteiger charge is 2.57. The number of benzene rings is 2. The maximum absolute atomic E-state index is 13.3. The zero-order valence-electron chi connectivity index (χ0n) is 16.1. The Morgan fingerprint density at radius 2 is 1.93 bits per heavy atom. The number of anilines is 2. The Bertz CT molecular complexity index is 959. The van der Waals surface area contributed by atoms with Crippen molar-refractivity contribution in [3.63, 3.8) is 0 Å². The van der Waals surface area contributed by atoms with Crippen molar-refractivity contribution in [2.75, 3.05) is 16.8 Å². The fourth-order valence-corrected chi connectivity index (χ4v) is 5.92. The second kappa shape index (κ2) is 7.17. The van der Waals surface area contributed by atoms with Gasteiger partial charge in [0.1, 0.15) is 5.82 Å². The molecule has 3 fully saturated rings. The highest BCUT2D eigenvalue weighted by molar-refractivity contribution is 6.40. The summed E-state index contributed by atoms with van der Waals surface area (Å²) < 4.78 is 13.3. The van der Waals surface area contributed by atoms with E-state index in [-0.39, 0.29) is 17.1 Å². The van der Waals surface area contributed by atoms with Gasteiger partial charge in [0.25, 0.3) is 0 Å².